The van der Waals surface area contributed by atoms with Gasteiger partial charge in [-0.05, 0) is 26.8 Å². The van der Waals surface area contributed by atoms with Gasteiger partial charge in [-0.2, -0.15) is 5.48 Å². The van der Waals surface area contributed by atoms with Crippen molar-refractivity contribution in [1.82, 2.24) is 5.48 Å². The third-order valence-corrected chi connectivity index (χ3v) is 2.09. The lowest BCUT2D eigenvalue weighted by atomic mass is 10.1. The third-order valence-electron chi connectivity index (χ3n) is 2.09. The Kier molecular flexibility index (Phi) is 5.15. The lowest BCUT2D eigenvalue weighted by molar-refractivity contribution is 0.0278. The minimum Gasteiger partial charge on any atom is -0.494 e. The van der Waals surface area contributed by atoms with Crippen molar-refractivity contribution in [2.24, 2.45) is 0 Å². The predicted molar refractivity (Wildman–Crippen MR) is 60.8 cm³/mol. The summed E-state index contributed by atoms with van der Waals surface area (Å²) in [5.74, 6) is 0.916. The van der Waals surface area contributed by atoms with Crippen LogP contribution in [0, 0.1) is 0 Å². The highest BCUT2D eigenvalue weighted by Crippen LogP contribution is 2.24. The Morgan fingerprint density at radius 1 is 1.20 bits per heavy atom. The maximum Gasteiger partial charge on any atom is 0.124 e. The first-order valence-electron chi connectivity index (χ1n) is 5.38. The van der Waals surface area contributed by atoms with Gasteiger partial charge in [-0.25, -0.2) is 0 Å². The number of hydrogen-bond donors (Lipinski definition) is 1. The van der Waals surface area contributed by atoms with Gasteiger partial charge in [-0.1, -0.05) is 18.2 Å². The Hall–Kier alpha value is -1.06. The van der Waals surface area contributed by atoms with Gasteiger partial charge in [-0.15, -0.1) is 0 Å². The summed E-state index contributed by atoms with van der Waals surface area (Å²) in [6, 6.07) is 8.13. The van der Waals surface area contributed by atoms with E-state index in [4.69, 9.17) is 9.57 Å². The minimum atomic E-state index is 0.132. The molecule has 84 valence electrons. The highest BCUT2D eigenvalue weighted by molar-refractivity contribution is 5.35. The van der Waals surface area contributed by atoms with Crippen molar-refractivity contribution in [3.63, 3.8) is 0 Å². The van der Waals surface area contributed by atoms with Crippen molar-refractivity contribution in [1.29, 1.82) is 0 Å². The van der Waals surface area contributed by atoms with E-state index in [1.165, 1.54) is 0 Å². The van der Waals surface area contributed by atoms with Crippen molar-refractivity contribution in [3.05, 3.63) is 29.8 Å². The summed E-state index contributed by atoms with van der Waals surface area (Å²) >= 11 is 0. The standard InChI is InChI=1S/C12H19NO2/c1-4-14-12-9-7-6-8-11(12)10(3)13-15-5-2/h6-10,13H,4-5H2,1-3H3. The number of hydroxylamine groups is 1. The lowest BCUT2D eigenvalue weighted by Crippen LogP contribution is -2.19. The quantitative estimate of drug-likeness (QED) is 0.731. The van der Waals surface area contributed by atoms with E-state index in [-0.39, 0.29) is 6.04 Å². The fourth-order valence-electron chi connectivity index (χ4n) is 1.40. The molecule has 3 nitrogen and oxygen atoms in total. The molecule has 0 spiro atoms. The average Bonchev–Trinajstić information content (AvgIpc) is 2.27. The summed E-state index contributed by atoms with van der Waals surface area (Å²) in [7, 11) is 0. The topological polar surface area (TPSA) is 30.5 Å². The SMILES string of the molecule is CCONC(C)c1ccccc1OCC. The summed E-state index contributed by atoms with van der Waals surface area (Å²) in [5, 5.41) is 0. The van der Waals surface area contributed by atoms with Crippen LogP contribution >= 0.6 is 0 Å². The van der Waals surface area contributed by atoms with E-state index in [0.717, 1.165) is 11.3 Å². The second-order valence-electron chi connectivity index (χ2n) is 3.24. The van der Waals surface area contributed by atoms with Crippen LogP contribution in [-0.4, -0.2) is 13.2 Å². The zero-order chi connectivity index (χ0) is 11.1. The van der Waals surface area contributed by atoms with Gasteiger partial charge in [0.15, 0.2) is 0 Å². The van der Waals surface area contributed by atoms with Gasteiger partial charge in [0.25, 0.3) is 0 Å². The summed E-state index contributed by atoms with van der Waals surface area (Å²) in [6.07, 6.45) is 0. The van der Waals surface area contributed by atoms with E-state index in [1.807, 2.05) is 45.0 Å². The zero-order valence-corrected chi connectivity index (χ0v) is 9.62. The van der Waals surface area contributed by atoms with Crippen LogP contribution in [0.25, 0.3) is 0 Å². The molecular weight excluding hydrogens is 190 g/mol. The Morgan fingerprint density at radius 2 is 1.93 bits per heavy atom. The number of ether oxygens (including phenoxy) is 1. The maximum absolute atomic E-state index is 5.54. The Bertz CT molecular complexity index is 289. The van der Waals surface area contributed by atoms with Crippen molar-refractivity contribution in [3.8, 4) is 5.75 Å². The monoisotopic (exact) mass is 209 g/mol. The third kappa shape index (κ3) is 3.53. The molecule has 0 fully saturated rings. The second-order valence-corrected chi connectivity index (χ2v) is 3.24. The van der Waals surface area contributed by atoms with Crippen LogP contribution in [0.2, 0.25) is 0 Å². The molecule has 3 heteroatoms. The van der Waals surface area contributed by atoms with Gasteiger partial charge in [-0.3, -0.25) is 0 Å². The molecule has 0 aromatic heterocycles. The van der Waals surface area contributed by atoms with Gasteiger partial charge in [0, 0.05) is 5.56 Å². The van der Waals surface area contributed by atoms with Crippen LogP contribution in [-0.2, 0) is 4.84 Å². The molecule has 1 N–H and O–H groups in total. The molecule has 0 aliphatic carbocycles. The molecular formula is C12H19NO2. The van der Waals surface area contributed by atoms with Gasteiger partial charge >= 0.3 is 0 Å². The highest BCUT2D eigenvalue weighted by atomic mass is 16.6. The first-order chi connectivity index (χ1) is 7.29. The molecule has 0 aliphatic heterocycles. The number of benzene rings is 1. The molecule has 0 bridgehead atoms. The van der Waals surface area contributed by atoms with E-state index in [0.29, 0.717) is 13.2 Å². The molecule has 0 saturated heterocycles. The Labute approximate surface area is 91.4 Å². The molecule has 0 heterocycles. The average molecular weight is 209 g/mol. The smallest absolute Gasteiger partial charge is 0.124 e. The van der Waals surface area contributed by atoms with Gasteiger partial charge < -0.3 is 9.57 Å². The Morgan fingerprint density at radius 3 is 2.60 bits per heavy atom. The van der Waals surface area contributed by atoms with Crippen molar-refractivity contribution in [2.75, 3.05) is 13.2 Å². The first kappa shape index (κ1) is 12.0. The number of hydrogen-bond acceptors (Lipinski definition) is 3. The molecule has 1 unspecified atom stereocenters. The van der Waals surface area contributed by atoms with Gasteiger partial charge in [0.2, 0.25) is 0 Å². The van der Waals surface area contributed by atoms with Gasteiger partial charge in [0.05, 0.1) is 19.3 Å². The second kappa shape index (κ2) is 6.43. The molecule has 1 rings (SSSR count). The van der Waals surface area contributed by atoms with Crippen LogP contribution in [0.1, 0.15) is 32.4 Å². The molecule has 15 heavy (non-hydrogen) atoms. The van der Waals surface area contributed by atoms with E-state index in [9.17, 15) is 0 Å². The largest absolute Gasteiger partial charge is 0.494 e. The van der Waals surface area contributed by atoms with Crippen LogP contribution in [0.5, 0.6) is 5.75 Å². The normalized spacial score (nSPS) is 12.5. The Balaban J connectivity index is 2.72. The summed E-state index contributed by atoms with van der Waals surface area (Å²) in [5.41, 5.74) is 4.09. The fourth-order valence-corrected chi connectivity index (χ4v) is 1.40. The van der Waals surface area contributed by atoms with E-state index < -0.39 is 0 Å². The van der Waals surface area contributed by atoms with E-state index >= 15 is 0 Å². The highest BCUT2D eigenvalue weighted by Gasteiger charge is 2.10. The van der Waals surface area contributed by atoms with Crippen molar-refractivity contribution in [2.45, 2.75) is 26.8 Å². The molecule has 0 saturated carbocycles. The molecule has 1 aromatic rings. The van der Waals surface area contributed by atoms with Crippen molar-refractivity contribution >= 4 is 0 Å². The number of nitrogens with one attached hydrogen (secondary N) is 1. The van der Waals surface area contributed by atoms with Crippen LogP contribution in [0.15, 0.2) is 24.3 Å². The fraction of sp³-hybridized carbons (Fsp3) is 0.500. The minimum absolute atomic E-state index is 0.132. The summed E-state index contributed by atoms with van der Waals surface area (Å²) in [4.78, 5) is 5.18. The number of para-hydroxylation sites is 1. The molecule has 0 aliphatic rings. The van der Waals surface area contributed by atoms with E-state index in [1.54, 1.807) is 0 Å². The zero-order valence-electron chi connectivity index (χ0n) is 9.62. The first-order valence-corrected chi connectivity index (χ1v) is 5.38. The maximum atomic E-state index is 5.54. The van der Waals surface area contributed by atoms with Crippen molar-refractivity contribution < 1.29 is 9.57 Å². The molecule has 0 radical (unpaired) electrons. The summed E-state index contributed by atoms with van der Waals surface area (Å²) in [6.45, 7) is 7.32. The van der Waals surface area contributed by atoms with E-state index in [2.05, 4.69) is 5.48 Å². The van der Waals surface area contributed by atoms with Crippen LogP contribution in [0.3, 0.4) is 0 Å². The molecule has 1 atom stereocenters. The predicted octanol–water partition coefficient (Wildman–Crippen LogP) is 2.69. The van der Waals surface area contributed by atoms with Crippen LogP contribution < -0.4 is 10.2 Å². The van der Waals surface area contributed by atoms with Crippen LogP contribution in [0.4, 0.5) is 0 Å². The summed E-state index contributed by atoms with van der Waals surface area (Å²) < 4.78 is 5.54. The number of rotatable bonds is 6. The van der Waals surface area contributed by atoms with Gasteiger partial charge in [0.1, 0.15) is 5.75 Å². The lowest BCUT2D eigenvalue weighted by Gasteiger charge is -2.17. The molecule has 0 amide bonds. The molecule has 1 aromatic carbocycles.